The van der Waals surface area contributed by atoms with Crippen LogP contribution >= 0.6 is 0 Å². The molecule has 13 heavy (non-hydrogen) atoms. The Morgan fingerprint density at radius 2 is 1.62 bits per heavy atom. The van der Waals surface area contributed by atoms with Gasteiger partial charge in [0.05, 0.1) is 0 Å². The Morgan fingerprint density at radius 1 is 1.08 bits per heavy atom. The lowest BCUT2D eigenvalue weighted by Gasteiger charge is -2.27. The maximum atomic E-state index is 2.40. The van der Waals surface area contributed by atoms with E-state index in [1.165, 1.54) is 25.6 Å². The smallest absolute Gasteiger partial charge is 0.0760 e. The van der Waals surface area contributed by atoms with Crippen molar-refractivity contribution in [3.05, 3.63) is 0 Å². The maximum Gasteiger partial charge on any atom is 0.102 e. The van der Waals surface area contributed by atoms with Gasteiger partial charge in [0.2, 0.25) is 0 Å². The number of hydrogen-bond acceptors (Lipinski definition) is 0. The third kappa shape index (κ3) is 7.16. The fraction of sp³-hybridized carbons (Fsp3) is 1.00. The number of rotatable bonds is 6. The Morgan fingerprint density at radius 3 is 2.00 bits per heavy atom. The van der Waals surface area contributed by atoms with Crippen LogP contribution in [0.25, 0.3) is 0 Å². The van der Waals surface area contributed by atoms with Crippen LogP contribution < -0.4 is 0 Å². The zero-order valence-electron chi connectivity index (χ0n) is 10.5. The first-order valence-corrected chi connectivity index (χ1v) is 5.87. The Bertz CT molecular complexity index is 127. The van der Waals surface area contributed by atoms with E-state index >= 15 is 0 Å². The highest BCUT2D eigenvalue weighted by Gasteiger charge is 2.18. The van der Waals surface area contributed by atoms with E-state index in [9.17, 15) is 0 Å². The van der Waals surface area contributed by atoms with Crippen LogP contribution in [0.5, 0.6) is 0 Å². The molecule has 1 atom stereocenters. The Kier molecular flexibility index (Phi) is 5.75. The molecule has 0 bridgehead atoms. The largest absolute Gasteiger partial charge is 0.102 e. The SMILES string of the molecule is BCC(C)(C)CC(C)CCC(C)C. The van der Waals surface area contributed by atoms with E-state index in [0.29, 0.717) is 5.41 Å². The fourth-order valence-electron chi connectivity index (χ4n) is 1.81. The molecule has 0 aliphatic rings. The Hall–Kier alpha value is 0.0649. The average Bonchev–Trinajstić information content (AvgIpc) is 2.00. The van der Waals surface area contributed by atoms with E-state index in [-0.39, 0.29) is 0 Å². The lowest BCUT2D eigenvalue weighted by Crippen LogP contribution is -2.15. The fourth-order valence-corrected chi connectivity index (χ4v) is 1.81. The van der Waals surface area contributed by atoms with Gasteiger partial charge in [-0.3, -0.25) is 0 Å². The molecule has 0 saturated heterocycles. The lowest BCUT2D eigenvalue weighted by molar-refractivity contribution is 0.286. The molecule has 0 heterocycles. The van der Waals surface area contributed by atoms with Gasteiger partial charge < -0.3 is 0 Å². The van der Waals surface area contributed by atoms with Crippen molar-refractivity contribution in [1.29, 1.82) is 0 Å². The van der Waals surface area contributed by atoms with Gasteiger partial charge in [-0.1, -0.05) is 53.8 Å². The second-order valence-corrected chi connectivity index (χ2v) is 5.80. The minimum atomic E-state index is 0.552. The normalized spacial score (nSPS) is 14.9. The predicted molar refractivity (Wildman–Crippen MR) is 65.0 cm³/mol. The van der Waals surface area contributed by atoms with E-state index in [2.05, 4.69) is 42.5 Å². The van der Waals surface area contributed by atoms with Crippen molar-refractivity contribution >= 4 is 7.85 Å². The van der Waals surface area contributed by atoms with Crippen LogP contribution in [0.4, 0.5) is 0 Å². The summed E-state index contributed by atoms with van der Waals surface area (Å²) in [7, 11) is 2.30. The van der Waals surface area contributed by atoms with Gasteiger partial charge in [-0.15, -0.1) is 0 Å². The van der Waals surface area contributed by atoms with Crippen LogP contribution in [-0.4, -0.2) is 7.85 Å². The summed E-state index contributed by atoms with van der Waals surface area (Å²) in [6, 6.07) is 0. The Labute approximate surface area is 85.9 Å². The summed E-state index contributed by atoms with van der Waals surface area (Å²) >= 11 is 0. The van der Waals surface area contributed by atoms with Crippen LogP contribution in [0, 0.1) is 17.3 Å². The van der Waals surface area contributed by atoms with Gasteiger partial charge in [0, 0.05) is 0 Å². The molecule has 0 spiro atoms. The van der Waals surface area contributed by atoms with E-state index in [4.69, 9.17) is 0 Å². The molecule has 1 unspecified atom stereocenters. The quantitative estimate of drug-likeness (QED) is 0.551. The molecule has 78 valence electrons. The van der Waals surface area contributed by atoms with Crippen molar-refractivity contribution in [3.63, 3.8) is 0 Å². The van der Waals surface area contributed by atoms with Crippen LogP contribution in [0.2, 0.25) is 6.32 Å². The molecule has 0 N–H and O–H groups in total. The molecule has 0 aromatic heterocycles. The van der Waals surface area contributed by atoms with Gasteiger partial charge in [0.15, 0.2) is 0 Å². The molecular formula is C12H27B. The zero-order chi connectivity index (χ0) is 10.5. The highest BCUT2D eigenvalue weighted by atomic mass is 14.2. The average molecular weight is 182 g/mol. The van der Waals surface area contributed by atoms with Crippen molar-refractivity contribution in [1.82, 2.24) is 0 Å². The second kappa shape index (κ2) is 5.72. The van der Waals surface area contributed by atoms with Crippen molar-refractivity contribution in [2.75, 3.05) is 0 Å². The van der Waals surface area contributed by atoms with Crippen LogP contribution in [-0.2, 0) is 0 Å². The first-order chi connectivity index (χ1) is 5.87. The highest BCUT2D eigenvalue weighted by molar-refractivity contribution is 6.08. The summed E-state index contributed by atoms with van der Waals surface area (Å²) < 4.78 is 0. The molecule has 0 amide bonds. The maximum absolute atomic E-state index is 2.40. The lowest BCUT2D eigenvalue weighted by atomic mass is 9.73. The molecule has 0 aromatic carbocycles. The van der Waals surface area contributed by atoms with Crippen LogP contribution in [0.1, 0.15) is 53.9 Å². The molecule has 0 aliphatic heterocycles. The van der Waals surface area contributed by atoms with Crippen molar-refractivity contribution in [2.45, 2.75) is 60.2 Å². The van der Waals surface area contributed by atoms with Crippen molar-refractivity contribution in [3.8, 4) is 0 Å². The summed E-state index contributed by atoms with van der Waals surface area (Å²) in [5, 5.41) is 0. The van der Waals surface area contributed by atoms with Gasteiger partial charge in [0.1, 0.15) is 7.85 Å². The van der Waals surface area contributed by atoms with Gasteiger partial charge in [-0.2, -0.15) is 0 Å². The van der Waals surface area contributed by atoms with Gasteiger partial charge in [-0.25, -0.2) is 0 Å². The molecule has 1 heteroatoms. The molecular weight excluding hydrogens is 155 g/mol. The Balaban J connectivity index is 3.67. The monoisotopic (exact) mass is 182 g/mol. The summed E-state index contributed by atoms with van der Waals surface area (Å²) in [6.07, 6.45) is 5.48. The second-order valence-electron chi connectivity index (χ2n) is 5.80. The van der Waals surface area contributed by atoms with Crippen molar-refractivity contribution < 1.29 is 0 Å². The van der Waals surface area contributed by atoms with Crippen LogP contribution in [0.15, 0.2) is 0 Å². The molecule has 0 aliphatic carbocycles. The first-order valence-electron chi connectivity index (χ1n) is 5.87. The van der Waals surface area contributed by atoms with E-state index in [1.54, 1.807) is 0 Å². The zero-order valence-corrected chi connectivity index (χ0v) is 10.5. The predicted octanol–water partition coefficient (Wildman–Crippen LogP) is 3.53. The minimum absolute atomic E-state index is 0.552. The highest BCUT2D eigenvalue weighted by Crippen LogP contribution is 2.30. The van der Waals surface area contributed by atoms with E-state index < -0.39 is 0 Å². The van der Waals surface area contributed by atoms with E-state index in [0.717, 1.165) is 11.8 Å². The first kappa shape index (κ1) is 13.1. The molecule has 0 fully saturated rings. The summed E-state index contributed by atoms with van der Waals surface area (Å²) in [5.41, 5.74) is 0.552. The molecule has 0 rings (SSSR count). The standard InChI is InChI=1S/C12H27B/c1-10(2)6-7-11(3)8-12(4,5)9-13/h10-11H,6-9,13H2,1-5H3. The topological polar surface area (TPSA) is 0 Å². The molecule has 0 radical (unpaired) electrons. The number of hydrogen-bond donors (Lipinski definition) is 0. The third-order valence-corrected chi connectivity index (χ3v) is 3.09. The summed E-state index contributed by atoms with van der Waals surface area (Å²) in [4.78, 5) is 0. The van der Waals surface area contributed by atoms with Gasteiger partial charge in [-0.05, 0) is 23.7 Å². The molecule has 0 nitrogen and oxygen atoms in total. The third-order valence-electron chi connectivity index (χ3n) is 3.09. The van der Waals surface area contributed by atoms with Gasteiger partial charge in [0.25, 0.3) is 0 Å². The van der Waals surface area contributed by atoms with Gasteiger partial charge >= 0.3 is 0 Å². The molecule has 0 saturated carbocycles. The molecule has 0 aromatic rings. The van der Waals surface area contributed by atoms with E-state index in [1.807, 2.05) is 0 Å². The summed E-state index contributed by atoms with van der Waals surface area (Å²) in [5.74, 6) is 1.77. The summed E-state index contributed by atoms with van der Waals surface area (Å²) in [6.45, 7) is 11.8. The minimum Gasteiger partial charge on any atom is -0.0760 e. The van der Waals surface area contributed by atoms with Crippen LogP contribution in [0.3, 0.4) is 0 Å². The van der Waals surface area contributed by atoms with Crippen molar-refractivity contribution in [2.24, 2.45) is 17.3 Å².